The van der Waals surface area contributed by atoms with Gasteiger partial charge in [-0.25, -0.2) is 9.59 Å². The quantitative estimate of drug-likeness (QED) is 0.0479. The van der Waals surface area contributed by atoms with Crippen LogP contribution < -0.4 is 22.1 Å². The van der Waals surface area contributed by atoms with Crippen LogP contribution in [0.25, 0.3) is 11.1 Å². The van der Waals surface area contributed by atoms with E-state index in [9.17, 15) is 29.1 Å². The van der Waals surface area contributed by atoms with Crippen LogP contribution in [0.15, 0.2) is 65.7 Å². The zero-order chi connectivity index (χ0) is 35.9. The van der Waals surface area contributed by atoms with Crippen LogP contribution in [0.3, 0.4) is 0 Å². The van der Waals surface area contributed by atoms with E-state index in [1.165, 1.54) is 6.08 Å². The minimum Gasteiger partial charge on any atom is -0.481 e. The van der Waals surface area contributed by atoms with Gasteiger partial charge in [0.25, 0.3) is 0 Å². The second-order valence-electron chi connectivity index (χ2n) is 12.0. The number of hydrogen-bond acceptors (Lipinski definition) is 8. The van der Waals surface area contributed by atoms with Gasteiger partial charge >= 0.3 is 18.0 Å². The molecule has 0 fully saturated rings. The number of guanidine groups is 1. The average molecular weight is 678 g/mol. The van der Waals surface area contributed by atoms with Gasteiger partial charge in [-0.2, -0.15) is 0 Å². The number of alkyl carbamates (subject to hydrolysis) is 1. The molecule has 0 heterocycles. The van der Waals surface area contributed by atoms with E-state index in [2.05, 4.69) is 15.6 Å². The van der Waals surface area contributed by atoms with Gasteiger partial charge in [0.2, 0.25) is 5.91 Å². The van der Waals surface area contributed by atoms with Crippen molar-refractivity contribution in [2.24, 2.45) is 28.3 Å². The first-order valence-electron chi connectivity index (χ1n) is 16.5. The molecule has 0 radical (unpaired) electrons. The molecule has 7 N–H and O–H groups in total. The van der Waals surface area contributed by atoms with Crippen LogP contribution in [0.5, 0.6) is 0 Å². The number of carbonyl (C=O) groups is 5. The molecule has 1 unspecified atom stereocenters. The zero-order valence-electron chi connectivity index (χ0n) is 28.2. The highest BCUT2D eigenvalue weighted by Crippen LogP contribution is 2.44. The van der Waals surface area contributed by atoms with Crippen LogP contribution in [0, 0.1) is 11.8 Å². The van der Waals surface area contributed by atoms with Crippen molar-refractivity contribution < 1.29 is 38.6 Å². The summed E-state index contributed by atoms with van der Waals surface area (Å²) in [6.07, 6.45) is 1.89. The van der Waals surface area contributed by atoms with Crippen molar-refractivity contribution in [3.05, 3.63) is 71.8 Å². The Morgan fingerprint density at radius 1 is 0.939 bits per heavy atom. The van der Waals surface area contributed by atoms with E-state index in [-0.39, 0.29) is 50.4 Å². The van der Waals surface area contributed by atoms with E-state index < -0.39 is 54.1 Å². The summed E-state index contributed by atoms with van der Waals surface area (Å²) in [5.41, 5.74) is 15.1. The second kappa shape index (κ2) is 19.0. The van der Waals surface area contributed by atoms with Crippen molar-refractivity contribution in [1.29, 1.82) is 0 Å². The summed E-state index contributed by atoms with van der Waals surface area (Å²) < 4.78 is 10.5. The molecular formula is C36H47N5O8. The molecule has 13 heteroatoms. The van der Waals surface area contributed by atoms with Gasteiger partial charge in [0.15, 0.2) is 11.7 Å². The maximum Gasteiger partial charge on any atom is 0.407 e. The monoisotopic (exact) mass is 677 g/mol. The number of carboxylic acids is 1. The van der Waals surface area contributed by atoms with Gasteiger partial charge in [-0.15, -0.1) is 0 Å². The summed E-state index contributed by atoms with van der Waals surface area (Å²) in [7, 11) is 0. The highest BCUT2D eigenvalue weighted by Gasteiger charge is 2.33. The van der Waals surface area contributed by atoms with Crippen molar-refractivity contribution in [2.75, 3.05) is 19.8 Å². The van der Waals surface area contributed by atoms with E-state index in [0.717, 1.165) is 28.3 Å². The van der Waals surface area contributed by atoms with E-state index in [1.807, 2.05) is 62.4 Å². The Kier molecular flexibility index (Phi) is 14.8. The highest BCUT2D eigenvalue weighted by atomic mass is 16.5. The van der Waals surface area contributed by atoms with E-state index in [4.69, 9.17) is 20.9 Å². The molecule has 1 aliphatic carbocycles. The summed E-state index contributed by atoms with van der Waals surface area (Å²) in [6, 6.07) is 13.8. The molecule has 49 heavy (non-hydrogen) atoms. The molecule has 0 bridgehead atoms. The summed E-state index contributed by atoms with van der Waals surface area (Å²) in [6.45, 7) is 5.72. The third-order valence-electron chi connectivity index (χ3n) is 8.53. The molecule has 0 aliphatic heterocycles. The first kappa shape index (κ1) is 38.2. The van der Waals surface area contributed by atoms with Crippen molar-refractivity contribution >= 4 is 35.7 Å². The number of nitrogens with two attached hydrogens (primary N) is 2. The fourth-order valence-corrected chi connectivity index (χ4v) is 5.83. The third-order valence-corrected chi connectivity index (χ3v) is 8.53. The van der Waals surface area contributed by atoms with Crippen molar-refractivity contribution in [3.63, 3.8) is 0 Å². The van der Waals surface area contributed by atoms with E-state index >= 15 is 0 Å². The van der Waals surface area contributed by atoms with Crippen molar-refractivity contribution in [1.82, 2.24) is 10.6 Å². The van der Waals surface area contributed by atoms with Gasteiger partial charge in [0.05, 0.1) is 25.1 Å². The lowest BCUT2D eigenvalue weighted by atomic mass is 9.84. The first-order valence-corrected chi connectivity index (χ1v) is 16.5. The van der Waals surface area contributed by atoms with Crippen LogP contribution in [0.1, 0.15) is 69.9 Å². The number of amides is 2. The van der Waals surface area contributed by atoms with Crippen LogP contribution >= 0.6 is 0 Å². The molecule has 2 aromatic carbocycles. The third kappa shape index (κ3) is 11.5. The Labute approximate surface area is 286 Å². The molecule has 4 atom stereocenters. The maximum absolute atomic E-state index is 13.8. The number of Topliss-reactive ketones (excluding diaryl/α,β-unsaturated/α-hetero) is 1. The predicted molar refractivity (Wildman–Crippen MR) is 184 cm³/mol. The minimum absolute atomic E-state index is 0.0525. The Hall–Kier alpha value is -5.20. The minimum atomic E-state index is -1.19. The number of carbonyl (C=O) groups excluding carboxylic acids is 4. The molecule has 3 rings (SSSR count). The number of ketones is 1. The van der Waals surface area contributed by atoms with Gasteiger partial charge in [-0.3, -0.25) is 19.4 Å². The SMILES string of the molecule is CCOC(=O)/C=C/[C@H](CC(=O)O)NC(=O)[C@@H](CC(=O)[C@H](CCCN=C(N)N)NC(=O)OCC1c2ccccc2-c2ccccc21)C(C)CC. The largest absolute Gasteiger partial charge is 0.481 e. The first-order chi connectivity index (χ1) is 23.4. The molecular weight excluding hydrogens is 630 g/mol. The number of hydrogen-bond donors (Lipinski definition) is 5. The molecule has 0 saturated heterocycles. The van der Waals surface area contributed by atoms with E-state index in [1.54, 1.807) is 6.92 Å². The molecule has 0 saturated carbocycles. The number of esters is 1. The number of ether oxygens (including phenoxy) is 2. The lowest BCUT2D eigenvalue weighted by Gasteiger charge is -2.26. The Bertz CT molecular complexity index is 1490. The molecule has 1 aliphatic rings. The Morgan fingerprint density at radius 3 is 2.14 bits per heavy atom. The van der Waals surface area contributed by atoms with Gasteiger partial charge in [0.1, 0.15) is 6.61 Å². The molecule has 2 amide bonds. The molecule has 264 valence electrons. The van der Waals surface area contributed by atoms with Gasteiger partial charge < -0.3 is 36.7 Å². The number of benzene rings is 2. The second-order valence-corrected chi connectivity index (χ2v) is 12.0. The van der Waals surface area contributed by atoms with Gasteiger partial charge in [-0.1, -0.05) is 74.9 Å². The Balaban J connectivity index is 1.74. The van der Waals surface area contributed by atoms with Crippen molar-refractivity contribution in [3.8, 4) is 11.1 Å². The summed E-state index contributed by atoms with van der Waals surface area (Å²) >= 11 is 0. The summed E-state index contributed by atoms with van der Waals surface area (Å²) in [5.74, 6) is -4.24. The van der Waals surface area contributed by atoms with Crippen molar-refractivity contribution in [2.45, 2.75) is 70.9 Å². The summed E-state index contributed by atoms with van der Waals surface area (Å²) in [5, 5.41) is 14.7. The molecule has 2 aromatic rings. The number of aliphatic imine (C=N–C) groups is 1. The topological polar surface area (TPSA) is 212 Å². The lowest BCUT2D eigenvalue weighted by molar-refractivity contribution is -0.139. The molecule has 0 spiro atoms. The van der Waals surface area contributed by atoms with Crippen LogP contribution in [0.4, 0.5) is 4.79 Å². The fraction of sp³-hybridized carbons (Fsp3) is 0.444. The van der Waals surface area contributed by atoms with Crippen LogP contribution in [-0.2, 0) is 28.7 Å². The predicted octanol–water partition coefficient (Wildman–Crippen LogP) is 3.65. The number of carboxylic acid groups (broad SMARTS) is 1. The summed E-state index contributed by atoms with van der Waals surface area (Å²) in [4.78, 5) is 67.7. The smallest absolute Gasteiger partial charge is 0.407 e. The number of fused-ring (bicyclic) bond motifs is 3. The Morgan fingerprint density at radius 2 is 1.57 bits per heavy atom. The molecule has 13 nitrogen and oxygen atoms in total. The number of aliphatic carboxylic acids is 1. The average Bonchev–Trinajstić information content (AvgIpc) is 3.39. The number of nitrogens with one attached hydrogen (secondary N) is 2. The highest BCUT2D eigenvalue weighted by molar-refractivity contribution is 5.92. The standard InChI is InChI=1S/C36H47N5O8/c1-4-22(3)28(34(46)40-23(19-32(43)44)16-17-33(45)48-5-2)20-31(42)30(15-10-18-39-35(37)38)41-36(47)49-21-29-26-13-8-6-11-24(26)25-12-7-9-14-27(25)29/h6-9,11-14,16-17,22-23,28-30H,4-5,10,15,18-21H2,1-3H3,(H,40,46)(H,41,47)(H,43,44)(H4,37,38,39)/b17-16+/t22?,23-,28+,30+/m1/s1. The fourth-order valence-electron chi connectivity index (χ4n) is 5.83. The number of rotatable bonds is 19. The van der Waals surface area contributed by atoms with Crippen LogP contribution in [-0.4, -0.2) is 72.6 Å². The van der Waals surface area contributed by atoms with Gasteiger partial charge in [0, 0.05) is 30.9 Å². The van der Waals surface area contributed by atoms with Gasteiger partial charge in [-0.05, 0) is 47.9 Å². The number of nitrogens with zero attached hydrogens (tertiary/aromatic N) is 1. The van der Waals surface area contributed by atoms with E-state index in [0.29, 0.717) is 12.8 Å². The van der Waals surface area contributed by atoms with Crippen LogP contribution in [0.2, 0.25) is 0 Å². The normalized spacial score (nSPS) is 14.4. The zero-order valence-corrected chi connectivity index (χ0v) is 28.2. The molecule has 0 aromatic heterocycles. The lowest BCUT2D eigenvalue weighted by Crippen LogP contribution is -2.46. The maximum atomic E-state index is 13.8.